The second-order valence-electron chi connectivity index (χ2n) is 5.42. The molecule has 2 aliphatic rings. The maximum atomic E-state index is 11.6. The molecular formula is C14H21N3O. The SMILES string of the molecule is NNC(=O)Cn1c2c(c3c1CCCC3)CCCC2. The van der Waals surface area contributed by atoms with Gasteiger partial charge in [0, 0.05) is 11.4 Å². The first kappa shape index (κ1) is 11.8. The molecule has 1 amide bonds. The number of hydrogen-bond acceptors (Lipinski definition) is 2. The number of nitrogens with two attached hydrogens (primary N) is 1. The second kappa shape index (κ2) is 4.76. The van der Waals surface area contributed by atoms with Crippen molar-refractivity contribution in [3.63, 3.8) is 0 Å². The highest BCUT2D eigenvalue weighted by atomic mass is 16.2. The molecule has 18 heavy (non-hydrogen) atoms. The highest BCUT2D eigenvalue weighted by Gasteiger charge is 2.26. The molecule has 1 aromatic heterocycles. The lowest BCUT2D eigenvalue weighted by molar-refractivity contribution is -0.121. The highest BCUT2D eigenvalue weighted by molar-refractivity contribution is 5.75. The first-order chi connectivity index (χ1) is 8.81. The van der Waals surface area contributed by atoms with Gasteiger partial charge in [-0.05, 0) is 62.5 Å². The third-order valence-corrected chi connectivity index (χ3v) is 4.36. The average molecular weight is 247 g/mol. The minimum absolute atomic E-state index is 0.0910. The van der Waals surface area contributed by atoms with Gasteiger partial charge in [0.1, 0.15) is 6.54 Å². The molecule has 0 saturated carbocycles. The number of carbonyl (C=O) groups is 1. The van der Waals surface area contributed by atoms with E-state index in [0.29, 0.717) is 6.54 Å². The van der Waals surface area contributed by atoms with E-state index in [1.54, 1.807) is 11.1 Å². The summed E-state index contributed by atoms with van der Waals surface area (Å²) in [7, 11) is 0. The number of nitrogens with one attached hydrogen (secondary N) is 1. The van der Waals surface area contributed by atoms with Crippen LogP contribution in [0.4, 0.5) is 0 Å². The van der Waals surface area contributed by atoms with Crippen molar-refractivity contribution < 1.29 is 4.79 Å². The number of fused-ring (bicyclic) bond motifs is 3. The molecule has 1 heterocycles. The van der Waals surface area contributed by atoms with Crippen LogP contribution in [-0.4, -0.2) is 10.5 Å². The van der Waals surface area contributed by atoms with E-state index in [2.05, 4.69) is 9.99 Å². The fraction of sp³-hybridized carbons (Fsp3) is 0.643. The van der Waals surface area contributed by atoms with E-state index in [0.717, 1.165) is 12.8 Å². The van der Waals surface area contributed by atoms with Gasteiger partial charge in [-0.15, -0.1) is 0 Å². The molecule has 4 nitrogen and oxygen atoms in total. The molecular weight excluding hydrogens is 226 g/mol. The number of rotatable bonds is 2. The topological polar surface area (TPSA) is 60.0 Å². The van der Waals surface area contributed by atoms with Crippen LogP contribution in [0.1, 0.15) is 48.2 Å². The van der Waals surface area contributed by atoms with Crippen LogP contribution >= 0.6 is 0 Å². The summed E-state index contributed by atoms with van der Waals surface area (Å²) in [5.41, 5.74) is 8.20. The lowest BCUT2D eigenvalue weighted by Gasteiger charge is -2.16. The van der Waals surface area contributed by atoms with Gasteiger partial charge in [0.25, 0.3) is 5.91 Å². The predicted molar refractivity (Wildman–Crippen MR) is 70.0 cm³/mol. The van der Waals surface area contributed by atoms with E-state index in [4.69, 9.17) is 5.84 Å². The molecule has 0 fully saturated rings. The molecule has 2 aliphatic carbocycles. The first-order valence-electron chi connectivity index (χ1n) is 7.02. The molecule has 0 spiro atoms. The maximum absolute atomic E-state index is 11.6. The Bertz CT molecular complexity index is 442. The Hall–Kier alpha value is -1.29. The second-order valence-corrected chi connectivity index (χ2v) is 5.42. The van der Waals surface area contributed by atoms with Crippen LogP contribution in [0.3, 0.4) is 0 Å². The summed E-state index contributed by atoms with van der Waals surface area (Å²) in [6.07, 6.45) is 9.75. The largest absolute Gasteiger partial charge is 0.339 e. The predicted octanol–water partition coefficient (Wildman–Crippen LogP) is 1.24. The monoisotopic (exact) mass is 247 g/mol. The van der Waals surface area contributed by atoms with E-state index >= 15 is 0 Å². The van der Waals surface area contributed by atoms with Crippen LogP contribution in [0.25, 0.3) is 0 Å². The molecule has 0 saturated heterocycles. The summed E-state index contributed by atoms with van der Waals surface area (Å²) in [5, 5.41) is 0. The smallest absolute Gasteiger partial charge is 0.253 e. The maximum Gasteiger partial charge on any atom is 0.253 e. The van der Waals surface area contributed by atoms with Crippen molar-refractivity contribution in [1.82, 2.24) is 9.99 Å². The van der Waals surface area contributed by atoms with E-state index in [1.165, 1.54) is 49.9 Å². The lowest BCUT2D eigenvalue weighted by atomic mass is 9.89. The van der Waals surface area contributed by atoms with Gasteiger partial charge < -0.3 is 4.57 Å². The molecule has 3 rings (SSSR count). The van der Waals surface area contributed by atoms with Crippen LogP contribution in [0.5, 0.6) is 0 Å². The Balaban J connectivity index is 2.05. The molecule has 0 bridgehead atoms. The molecule has 0 unspecified atom stereocenters. The molecule has 0 aliphatic heterocycles. The van der Waals surface area contributed by atoms with Gasteiger partial charge >= 0.3 is 0 Å². The highest BCUT2D eigenvalue weighted by Crippen LogP contribution is 2.34. The average Bonchev–Trinajstić information content (AvgIpc) is 2.74. The Morgan fingerprint density at radius 2 is 1.50 bits per heavy atom. The van der Waals surface area contributed by atoms with Crippen molar-refractivity contribution in [2.24, 2.45) is 5.84 Å². The van der Waals surface area contributed by atoms with Gasteiger partial charge in [-0.1, -0.05) is 0 Å². The fourth-order valence-corrected chi connectivity index (χ4v) is 3.57. The Morgan fingerprint density at radius 3 is 2.00 bits per heavy atom. The van der Waals surface area contributed by atoms with Crippen molar-refractivity contribution >= 4 is 5.91 Å². The molecule has 0 radical (unpaired) electrons. The summed E-state index contributed by atoms with van der Waals surface area (Å²) in [6, 6.07) is 0. The van der Waals surface area contributed by atoms with Crippen LogP contribution in [0.15, 0.2) is 0 Å². The number of nitrogens with zero attached hydrogens (tertiary/aromatic N) is 1. The van der Waals surface area contributed by atoms with E-state index in [9.17, 15) is 4.79 Å². The fourth-order valence-electron chi connectivity index (χ4n) is 3.57. The summed E-state index contributed by atoms with van der Waals surface area (Å²) in [4.78, 5) is 11.6. The minimum atomic E-state index is -0.0910. The molecule has 0 aromatic carbocycles. The van der Waals surface area contributed by atoms with Gasteiger partial charge in [-0.3, -0.25) is 10.2 Å². The third kappa shape index (κ3) is 1.85. The van der Waals surface area contributed by atoms with E-state index < -0.39 is 0 Å². The molecule has 3 N–H and O–H groups in total. The zero-order valence-electron chi connectivity index (χ0n) is 10.8. The van der Waals surface area contributed by atoms with Gasteiger partial charge in [0.05, 0.1) is 0 Å². The number of aromatic nitrogens is 1. The van der Waals surface area contributed by atoms with E-state index in [-0.39, 0.29) is 5.91 Å². The van der Waals surface area contributed by atoms with Crippen LogP contribution in [-0.2, 0) is 37.0 Å². The third-order valence-electron chi connectivity index (χ3n) is 4.36. The van der Waals surface area contributed by atoms with Crippen molar-refractivity contribution in [1.29, 1.82) is 0 Å². The zero-order valence-corrected chi connectivity index (χ0v) is 10.8. The van der Waals surface area contributed by atoms with Gasteiger partial charge in [0.2, 0.25) is 0 Å². The summed E-state index contributed by atoms with van der Waals surface area (Å²) in [5.74, 6) is 5.14. The Kier molecular flexibility index (Phi) is 3.12. The van der Waals surface area contributed by atoms with Crippen LogP contribution in [0, 0.1) is 0 Å². The Labute approximate surface area is 108 Å². The zero-order chi connectivity index (χ0) is 12.5. The van der Waals surface area contributed by atoms with Gasteiger partial charge in [0.15, 0.2) is 0 Å². The molecule has 98 valence electrons. The first-order valence-corrected chi connectivity index (χ1v) is 7.02. The number of hydrazine groups is 1. The number of amides is 1. The van der Waals surface area contributed by atoms with Gasteiger partial charge in [-0.25, -0.2) is 5.84 Å². The summed E-state index contributed by atoms with van der Waals surface area (Å²) in [6.45, 7) is 0.397. The molecule has 1 aromatic rings. The molecule has 0 atom stereocenters. The normalized spacial score (nSPS) is 18.1. The minimum Gasteiger partial charge on any atom is -0.339 e. The van der Waals surface area contributed by atoms with Crippen LogP contribution in [0.2, 0.25) is 0 Å². The number of carbonyl (C=O) groups excluding carboxylic acids is 1. The van der Waals surface area contributed by atoms with Crippen molar-refractivity contribution in [3.05, 3.63) is 22.5 Å². The lowest BCUT2D eigenvalue weighted by Crippen LogP contribution is -2.34. The van der Waals surface area contributed by atoms with Crippen molar-refractivity contribution in [2.75, 3.05) is 0 Å². The van der Waals surface area contributed by atoms with Crippen molar-refractivity contribution in [2.45, 2.75) is 57.9 Å². The van der Waals surface area contributed by atoms with E-state index in [1.807, 2.05) is 0 Å². The van der Waals surface area contributed by atoms with Crippen LogP contribution < -0.4 is 11.3 Å². The number of hydrogen-bond donors (Lipinski definition) is 2. The standard InChI is InChI=1S/C14H21N3O/c15-16-14(18)9-17-12-7-3-1-5-10(12)11-6-2-4-8-13(11)17/h1-9,15H2,(H,16,18). The summed E-state index contributed by atoms with van der Waals surface area (Å²) >= 11 is 0. The molecule has 4 heteroatoms. The Morgan fingerprint density at radius 1 is 1.00 bits per heavy atom. The summed E-state index contributed by atoms with van der Waals surface area (Å²) < 4.78 is 2.26. The van der Waals surface area contributed by atoms with Crippen molar-refractivity contribution in [3.8, 4) is 0 Å². The quantitative estimate of drug-likeness (QED) is 0.469. The van der Waals surface area contributed by atoms with Gasteiger partial charge in [-0.2, -0.15) is 0 Å².